The van der Waals surface area contributed by atoms with Crippen LogP contribution in [0.5, 0.6) is 11.5 Å². The molecule has 0 saturated heterocycles. The molecular formula is C20H24INO4S. The average molecular weight is 501 g/mol. The molecule has 0 bridgehead atoms. The van der Waals surface area contributed by atoms with Gasteiger partial charge in [-0.1, -0.05) is 32.0 Å². The van der Waals surface area contributed by atoms with E-state index in [1.165, 1.54) is 0 Å². The molecule has 1 aliphatic rings. The number of hydrogen-bond acceptors (Lipinski definition) is 4. The molecule has 0 fully saturated rings. The first kappa shape index (κ1) is 20.4. The van der Waals surface area contributed by atoms with Crippen molar-refractivity contribution in [3.63, 3.8) is 0 Å². The molecule has 3 rings (SSSR count). The van der Waals surface area contributed by atoms with Crippen LogP contribution in [-0.2, 0) is 10.0 Å². The van der Waals surface area contributed by atoms with Crippen LogP contribution in [0.4, 0.5) is 0 Å². The fourth-order valence-corrected chi connectivity index (χ4v) is 5.66. The van der Waals surface area contributed by atoms with E-state index in [1.807, 2.05) is 24.3 Å². The van der Waals surface area contributed by atoms with Gasteiger partial charge in [-0.2, -0.15) is 0 Å². The van der Waals surface area contributed by atoms with Crippen molar-refractivity contribution in [1.82, 2.24) is 4.72 Å². The van der Waals surface area contributed by atoms with Gasteiger partial charge in [0.05, 0.1) is 21.6 Å². The highest BCUT2D eigenvalue weighted by molar-refractivity contribution is 14.1. The van der Waals surface area contributed by atoms with Crippen molar-refractivity contribution in [3.8, 4) is 11.5 Å². The van der Waals surface area contributed by atoms with Crippen LogP contribution < -0.4 is 14.2 Å². The minimum Gasteiger partial charge on any atom is -0.496 e. The summed E-state index contributed by atoms with van der Waals surface area (Å²) in [4.78, 5) is 0.232. The zero-order chi connectivity index (χ0) is 19.7. The first-order chi connectivity index (χ1) is 12.8. The molecule has 0 unspecified atom stereocenters. The number of halogens is 1. The number of para-hydroxylation sites is 1. The van der Waals surface area contributed by atoms with E-state index in [0.717, 1.165) is 27.7 Å². The predicted octanol–water partition coefficient (Wildman–Crippen LogP) is 4.66. The van der Waals surface area contributed by atoms with Gasteiger partial charge in [0.1, 0.15) is 17.1 Å². The summed E-state index contributed by atoms with van der Waals surface area (Å²) in [6.45, 7) is 4.16. The molecule has 0 amide bonds. The van der Waals surface area contributed by atoms with Gasteiger partial charge in [0.25, 0.3) is 0 Å². The molecule has 146 valence electrons. The van der Waals surface area contributed by atoms with Crippen LogP contribution in [0.3, 0.4) is 0 Å². The minimum atomic E-state index is -3.68. The molecule has 1 atom stereocenters. The topological polar surface area (TPSA) is 64.6 Å². The number of nitrogens with one attached hydrogen (secondary N) is 1. The second-order valence-corrected chi connectivity index (χ2v) is 9.58. The SMILES string of the molecule is CCC1(CC)C[C@@H](NS(=O)(=O)c2ccc(OC)c(I)c2)c2ccccc2O1. The fourth-order valence-electron chi connectivity index (χ4n) is 3.48. The van der Waals surface area contributed by atoms with Crippen molar-refractivity contribution in [3.05, 3.63) is 51.6 Å². The van der Waals surface area contributed by atoms with Crippen molar-refractivity contribution < 1.29 is 17.9 Å². The Morgan fingerprint density at radius 2 is 1.93 bits per heavy atom. The summed E-state index contributed by atoms with van der Waals surface area (Å²) in [5, 5.41) is 0. The first-order valence-electron chi connectivity index (χ1n) is 8.98. The lowest BCUT2D eigenvalue weighted by atomic mass is 9.84. The van der Waals surface area contributed by atoms with Crippen LogP contribution in [0.2, 0.25) is 0 Å². The Kier molecular flexibility index (Phi) is 6.02. The largest absolute Gasteiger partial charge is 0.496 e. The third-order valence-electron chi connectivity index (χ3n) is 5.22. The second-order valence-electron chi connectivity index (χ2n) is 6.70. The number of rotatable bonds is 6. The van der Waals surface area contributed by atoms with Gasteiger partial charge in [0.2, 0.25) is 10.0 Å². The summed E-state index contributed by atoms with van der Waals surface area (Å²) in [5.41, 5.74) is 0.511. The summed E-state index contributed by atoms with van der Waals surface area (Å²) in [6, 6.07) is 12.2. The van der Waals surface area contributed by atoms with E-state index >= 15 is 0 Å². The molecule has 0 spiro atoms. The standard InChI is InChI=1S/C20H24INO4S/c1-4-20(5-2)13-17(15-8-6-7-9-18(15)26-20)22-27(23,24)14-10-11-19(25-3)16(21)12-14/h6-12,17,22H,4-5,13H2,1-3H3/t17-/m1/s1. The van der Waals surface area contributed by atoms with Gasteiger partial charge in [0, 0.05) is 12.0 Å². The van der Waals surface area contributed by atoms with E-state index in [0.29, 0.717) is 12.2 Å². The molecule has 0 aromatic heterocycles. The van der Waals surface area contributed by atoms with Crippen LogP contribution in [0.1, 0.15) is 44.7 Å². The number of fused-ring (bicyclic) bond motifs is 1. The highest BCUT2D eigenvalue weighted by atomic mass is 127. The monoisotopic (exact) mass is 501 g/mol. The number of methoxy groups -OCH3 is 1. The van der Waals surface area contributed by atoms with E-state index < -0.39 is 10.0 Å². The lowest BCUT2D eigenvalue weighted by Gasteiger charge is -2.41. The Morgan fingerprint density at radius 3 is 2.56 bits per heavy atom. The summed E-state index contributed by atoms with van der Waals surface area (Å²) in [7, 11) is -2.12. The molecule has 2 aromatic rings. The zero-order valence-corrected chi connectivity index (χ0v) is 18.6. The molecule has 1 heterocycles. The molecule has 1 aliphatic heterocycles. The van der Waals surface area contributed by atoms with Crippen LogP contribution >= 0.6 is 22.6 Å². The Hall–Kier alpha value is -1.32. The van der Waals surface area contributed by atoms with Crippen molar-refractivity contribution >= 4 is 32.6 Å². The second kappa shape index (κ2) is 7.97. The Labute approximate surface area is 174 Å². The van der Waals surface area contributed by atoms with Gasteiger partial charge < -0.3 is 9.47 Å². The number of ether oxygens (including phenoxy) is 2. The van der Waals surface area contributed by atoms with Gasteiger partial charge in [0.15, 0.2) is 0 Å². The van der Waals surface area contributed by atoms with Gasteiger partial charge in [-0.25, -0.2) is 13.1 Å². The van der Waals surface area contributed by atoms with Gasteiger partial charge in [-0.15, -0.1) is 0 Å². The Balaban J connectivity index is 1.96. The molecule has 5 nitrogen and oxygen atoms in total. The summed E-state index contributed by atoms with van der Waals surface area (Å²) >= 11 is 2.08. The van der Waals surface area contributed by atoms with E-state index in [-0.39, 0.29) is 16.5 Å². The molecule has 7 heteroatoms. The van der Waals surface area contributed by atoms with E-state index in [2.05, 4.69) is 41.2 Å². The van der Waals surface area contributed by atoms with Gasteiger partial charge in [-0.05, 0) is 59.7 Å². The summed E-state index contributed by atoms with van der Waals surface area (Å²) in [5.74, 6) is 1.41. The smallest absolute Gasteiger partial charge is 0.241 e. The third kappa shape index (κ3) is 4.09. The molecule has 1 N–H and O–H groups in total. The highest BCUT2D eigenvalue weighted by Crippen LogP contribution is 2.43. The van der Waals surface area contributed by atoms with Crippen LogP contribution in [-0.4, -0.2) is 21.1 Å². The maximum atomic E-state index is 13.1. The molecule has 27 heavy (non-hydrogen) atoms. The molecule has 0 aliphatic carbocycles. The van der Waals surface area contributed by atoms with Crippen molar-refractivity contribution in [1.29, 1.82) is 0 Å². The molecule has 0 radical (unpaired) electrons. The number of benzene rings is 2. The van der Waals surface area contributed by atoms with Crippen molar-refractivity contribution in [2.75, 3.05) is 7.11 Å². The van der Waals surface area contributed by atoms with E-state index in [9.17, 15) is 8.42 Å². The number of sulfonamides is 1. The van der Waals surface area contributed by atoms with Gasteiger partial charge >= 0.3 is 0 Å². The van der Waals surface area contributed by atoms with E-state index in [1.54, 1.807) is 25.3 Å². The molecular weight excluding hydrogens is 477 g/mol. The Bertz CT molecular complexity index is 925. The van der Waals surface area contributed by atoms with Crippen LogP contribution in [0.25, 0.3) is 0 Å². The molecule has 0 saturated carbocycles. The average Bonchev–Trinajstić information content (AvgIpc) is 2.67. The molecule has 2 aromatic carbocycles. The van der Waals surface area contributed by atoms with E-state index in [4.69, 9.17) is 9.47 Å². The third-order valence-corrected chi connectivity index (χ3v) is 7.53. The number of hydrogen-bond donors (Lipinski definition) is 1. The maximum Gasteiger partial charge on any atom is 0.241 e. The quantitative estimate of drug-likeness (QED) is 0.585. The first-order valence-corrected chi connectivity index (χ1v) is 11.5. The lowest BCUT2D eigenvalue weighted by molar-refractivity contribution is 0.0260. The van der Waals surface area contributed by atoms with Gasteiger partial charge in [-0.3, -0.25) is 0 Å². The van der Waals surface area contributed by atoms with Crippen molar-refractivity contribution in [2.45, 2.75) is 49.6 Å². The lowest BCUT2D eigenvalue weighted by Crippen LogP contribution is -2.44. The normalized spacial score (nSPS) is 18.4. The maximum absolute atomic E-state index is 13.1. The predicted molar refractivity (Wildman–Crippen MR) is 114 cm³/mol. The minimum absolute atomic E-state index is 0.232. The summed E-state index contributed by atoms with van der Waals surface area (Å²) in [6.07, 6.45) is 2.23. The Morgan fingerprint density at radius 1 is 1.22 bits per heavy atom. The summed E-state index contributed by atoms with van der Waals surface area (Å²) < 4.78 is 41.3. The fraction of sp³-hybridized carbons (Fsp3) is 0.400. The van der Waals surface area contributed by atoms with Crippen molar-refractivity contribution in [2.24, 2.45) is 0 Å². The zero-order valence-electron chi connectivity index (χ0n) is 15.7. The van der Waals surface area contributed by atoms with Crippen LogP contribution in [0.15, 0.2) is 47.4 Å². The highest BCUT2D eigenvalue weighted by Gasteiger charge is 2.40. The van der Waals surface area contributed by atoms with Crippen LogP contribution in [0, 0.1) is 3.57 Å².